The summed E-state index contributed by atoms with van der Waals surface area (Å²) in [5.41, 5.74) is 1.37. The largest absolute Gasteiger partial charge is 0.343 e. The van der Waals surface area contributed by atoms with Crippen LogP contribution in [0.15, 0.2) is 30.3 Å². The maximum absolute atomic E-state index is 13.5. The topological polar surface area (TPSA) is 64.7 Å². The van der Waals surface area contributed by atoms with Crippen LogP contribution in [0, 0.1) is 5.92 Å². The van der Waals surface area contributed by atoms with Crippen molar-refractivity contribution in [2.24, 2.45) is 5.92 Å². The number of likely N-dealkylation sites (tertiary alicyclic amines) is 2. The summed E-state index contributed by atoms with van der Waals surface area (Å²) in [5, 5.41) is 5.97. The third kappa shape index (κ3) is 6.30. The zero-order valence-electron chi connectivity index (χ0n) is 19.5. The fourth-order valence-electron chi connectivity index (χ4n) is 5.02. The van der Waals surface area contributed by atoms with Gasteiger partial charge < -0.3 is 20.4 Å². The Morgan fingerprint density at radius 2 is 1.94 bits per heavy atom. The predicted octanol–water partition coefficient (Wildman–Crippen LogP) is 2.43. The second-order valence-corrected chi connectivity index (χ2v) is 9.19. The van der Waals surface area contributed by atoms with Gasteiger partial charge in [-0.3, -0.25) is 9.59 Å². The third-order valence-corrected chi connectivity index (χ3v) is 7.04. The first-order chi connectivity index (χ1) is 15.0. The van der Waals surface area contributed by atoms with Crippen molar-refractivity contribution in [2.45, 2.75) is 70.5 Å². The second kappa shape index (κ2) is 11.6. The van der Waals surface area contributed by atoms with E-state index in [1.54, 1.807) is 7.05 Å². The lowest BCUT2D eigenvalue weighted by molar-refractivity contribution is -0.138. The lowest BCUT2D eigenvalue weighted by Gasteiger charge is -2.33. The van der Waals surface area contributed by atoms with Gasteiger partial charge in [0.2, 0.25) is 11.8 Å². The minimum atomic E-state index is -0.423. The van der Waals surface area contributed by atoms with E-state index < -0.39 is 6.04 Å². The molecule has 6 nitrogen and oxygen atoms in total. The summed E-state index contributed by atoms with van der Waals surface area (Å²) in [7, 11) is 1.77. The molecule has 2 aliphatic heterocycles. The first kappa shape index (κ1) is 23.7. The summed E-state index contributed by atoms with van der Waals surface area (Å²) in [5.74, 6) is 0.589. The summed E-state index contributed by atoms with van der Waals surface area (Å²) >= 11 is 0. The molecule has 2 heterocycles. The van der Waals surface area contributed by atoms with Crippen LogP contribution in [0.4, 0.5) is 0 Å². The molecule has 3 rings (SSSR count). The first-order valence-electron chi connectivity index (χ1n) is 12.1. The van der Waals surface area contributed by atoms with Crippen LogP contribution in [0.5, 0.6) is 0 Å². The van der Waals surface area contributed by atoms with Gasteiger partial charge in [0.25, 0.3) is 0 Å². The summed E-state index contributed by atoms with van der Waals surface area (Å²) in [4.78, 5) is 30.6. The van der Waals surface area contributed by atoms with Crippen molar-refractivity contribution in [1.29, 1.82) is 0 Å². The van der Waals surface area contributed by atoms with E-state index in [-0.39, 0.29) is 23.9 Å². The lowest BCUT2D eigenvalue weighted by atomic mass is 9.96. The van der Waals surface area contributed by atoms with E-state index in [1.807, 2.05) is 6.92 Å². The van der Waals surface area contributed by atoms with Gasteiger partial charge in [-0.1, -0.05) is 43.7 Å². The molecule has 0 aliphatic carbocycles. The van der Waals surface area contributed by atoms with E-state index in [2.05, 4.69) is 57.7 Å². The van der Waals surface area contributed by atoms with Crippen LogP contribution >= 0.6 is 0 Å². The predicted molar refractivity (Wildman–Crippen MR) is 125 cm³/mol. The molecule has 2 fully saturated rings. The van der Waals surface area contributed by atoms with Crippen LogP contribution in [-0.4, -0.2) is 73.0 Å². The highest BCUT2D eigenvalue weighted by Gasteiger charge is 2.41. The number of nitrogens with zero attached hydrogens (tertiary/aromatic N) is 2. The molecule has 0 bridgehead atoms. The van der Waals surface area contributed by atoms with Gasteiger partial charge in [0, 0.05) is 25.7 Å². The highest BCUT2D eigenvalue weighted by Crippen LogP contribution is 2.32. The van der Waals surface area contributed by atoms with Crippen molar-refractivity contribution in [3.8, 4) is 0 Å². The average Bonchev–Trinajstić information content (AvgIpc) is 3.07. The van der Waals surface area contributed by atoms with E-state index in [1.165, 1.54) is 18.4 Å². The molecule has 2 amide bonds. The van der Waals surface area contributed by atoms with Gasteiger partial charge in [-0.2, -0.15) is 0 Å². The van der Waals surface area contributed by atoms with Crippen LogP contribution in [0.1, 0.15) is 51.5 Å². The fourth-order valence-corrected chi connectivity index (χ4v) is 5.02. The number of likely N-dealkylation sites (N-methyl/N-ethyl adjacent to an activating group) is 1. The number of fused-ring (bicyclic) bond motifs is 1. The number of carbonyl (C=O) groups excluding carboxylic acids is 2. The minimum Gasteiger partial charge on any atom is -0.343 e. The van der Waals surface area contributed by atoms with Crippen LogP contribution < -0.4 is 10.6 Å². The van der Waals surface area contributed by atoms with Crippen molar-refractivity contribution in [3.63, 3.8) is 0 Å². The fraction of sp³-hybridized carbons (Fsp3) is 0.680. The molecule has 4 atom stereocenters. The molecule has 1 aromatic rings. The van der Waals surface area contributed by atoms with E-state index in [0.29, 0.717) is 12.3 Å². The Morgan fingerprint density at radius 1 is 1.16 bits per heavy atom. The molecular formula is C25H40N4O2. The number of amides is 2. The quantitative estimate of drug-likeness (QED) is 0.634. The molecule has 2 N–H and O–H groups in total. The molecule has 31 heavy (non-hydrogen) atoms. The second-order valence-electron chi connectivity index (χ2n) is 9.19. The Hall–Kier alpha value is -1.92. The molecule has 172 valence electrons. The van der Waals surface area contributed by atoms with E-state index in [9.17, 15) is 9.59 Å². The first-order valence-corrected chi connectivity index (χ1v) is 12.1. The SMILES string of the molecule is CCC[C@H](NC(=O)[C@H](C)NC)C(=O)N1CC[C@H]2CCCN(CCc3ccccc3)C[C@H]21. The third-order valence-electron chi connectivity index (χ3n) is 7.04. The maximum atomic E-state index is 13.5. The molecule has 0 saturated carbocycles. The van der Waals surface area contributed by atoms with E-state index >= 15 is 0 Å². The molecule has 6 heteroatoms. The smallest absolute Gasteiger partial charge is 0.245 e. The highest BCUT2D eigenvalue weighted by atomic mass is 16.2. The molecule has 2 saturated heterocycles. The van der Waals surface area contributed by atoms with Crippen LogP contribution in [0.25, 0.3) is 0 Å². The number of hydrogen-bond acceptors (Lipinski definition) is 4. The van der Waals surface area contributed by atoms with Crippen LogP contribution in [-0.2, 0) is 16.0 Å². The standard InChI is InChI=1S/C25H40N4O2/c1-4-9-22(27-24(30)19(2)26-3)25(31)29-17-14-21-12-8-15-28(18-23(21)29)16-13-20-10-6-5-7-11-20/h5-7,10-11,19,21-23,26H,4,8-9,12-18H2,1-3H3,(H,27,30)/t19-,21+,22-,23+/m0/s1. The number of carbonyl (C=O) groups is 2. The van der Waals surface area contributed by atoms with Gasteiger partial charge in [-0.25, -0.2) is 0 Å². The maximum Gasteiger partial charge on any atom is 0.245 e. The zero-order valence-corrected chi connectivity index (χ0v) is 19.5. The molecule has 0 radical (unpaired) electrons. The van der Waals surface area contributed by atoms with E-state index in [0.717, 1.165) is 45.4 Å². The Bertz CT molecular complexity index is 711. The minimum absolute atomic E-state index is 0.101. The van der Waals surface area contributed by atoms with Crippen molar-refractivity contribution < 1.29 is 9.59 Å². The van der Waals surface area contributed by atoms with Gasteiger partial charge in [-0.15, -0.1) is 0 Å². The van der Waals surface area contributed by atoms with Gasteiger partial charge in [0.15, 0.2) is 0 Å². The highest BCUT2D eigenvalue weighted by molar-refractivity contribution is 5.89. The van der Waals surface area contributed by atoms with Crippen molar-refractivity contribution >= 4 is 11.8 Å². The van der Waals surface area contributed by atoms with Crippen molar-refractivity contribution in [2.75, 3.05) is 33.2 Å². The summed E-state index contributed by atoms with van der Waals surface area (Å²) in [6, 6.07) is 10.2. The lowest BCUT2D eigenvalue weighted by Crippen LogP contribution is -2.55. The monoisotopic (exact) mass is 428 g/mol. The number of nitrogens with one attached hydrogen (secondary N) is 2. The van der Waals surface area contributed by atoms with Crippen LogP contribution in [0.2, 0.25) is 0 Å². The Labute approximate surface area is 187 Å². The Kier molecular flexibility index (Phi) is 8.90. The average molecular weight is 429 g/mol. The van der Waals surface area contributed by atoms with Gasteiger partial charge in [-0.05, 0) is 64.1 Å². The molecule has 2 aliphatic rings. The molecule has 0 aromatic heterocycles. The summed E-state index contributed by atoms with van der Waals surface area (Å²) in [6.07, 6.45) is 6.08. The molecule has 0 unspecified atom stereocenters. The molecule has 0 spiro atoms. The number of benzene rings is 1. The summed E-state index contributed by atoms with van der Waals surface area (Å²) < 4.78 is 0. The Balaban J connectivity index is 1.64. The van der Waals surface area contributed by atoms with Gasteiger partial charge in [0.1, 0.15) is 6.04 Å². The zero-order chi connectivity index (χ0) is 22.2. The number of rotatable bonds is 9. The number of hydrogen-bond donors (Lipinski definition) is 2. The van der Waals surface area contributed by atoms with Crippen molar-refractivity contribution in [1.82, 2.24) is 20.4 Å². The normalized spacial score (nSPS) is 23.6. The summed E-state index contributed by atoms with van der Waals surface area (Å²) in [6.45, 7) is 7.80. The molecular weight excluding hydrogens is 388 g/mol. The van der Waals surface area contributed by atoms with Gasteiger partial charge >= 0.3 is 0 Å². The molecule has 1 aromatic carbocycles. The van der Waals surface area contributed by atoms with Crippen molar-refractivity contribution in [3.05, 3.63) is 35.9 Å². The Morgan fingerprint density at radius 3 is 2.65 bits per heavy atom. The van der Waals surface area contributed by atoms with Crippen LogP contribution in [0.3, 0.4) is 0 Å². The van der Waals surface area contributed by atoms with Gasteiger partial charge in [0.05, 0.1) is 6.04 Å². The van der Waals surface area contributed by atoms with E-state index in [4.69, 9.17) is 0 Å².